The second-order valence-corrected chi connectivity index (χ2v) is 5.20. The van der Waals surface area contributed by atoms with Gasteiger partial charge in [-0.2, -0.15) is 0 Å². The minimum Gasteiger partial charge on any atom is -0.493 e. The molecule has 2 rings (SSSR count). The van der Waals surface area contributed by atoms with Crippen LogP contribution in [-0.4, -0.2) is 33.4 Å². The standard InChI is InChI=1S/C18H20N2O6.ClH/c1-23-15-10-13(19)12(9-14(15)20(21)22)6-5-11-7-16(24-2)18(26-4)17(8-11)25-3;/h5-10H,19H2,1-4H3;1H/b6-5-;. The molecule has 0 aliphatic heterocycles. The number of benzene rings is 2. The van der Waals surface area contributed by atoms with Gasteiger partial charge in [-0.25, -0.2) is 0 Å². The lowest BCUT2D eigenvalue weighted by Crippen LogP contribution is -1.98. The van der Waals surface area contributed by atoms with E-state index in [1.165, 1.54) is 40.6 Å². The number of methoxy groups -OCH3 is 4. The zero-order valence-electron chi connectivity index (χ0n) is 15.3. The second kappa shape index (κ2) is 9.54. The van der Waals surface area contributed by atoms with Crippen molar-refractivity contribution in [3.8, 4) is 23.0 Å². The van der Waals surface area contributed by atoms with E-state index in [1.54, 1.807) is 24.3 Å². The molecule has 0 aliphatic carbocycles. The molecule has 0 spiro atoms. The van der Waals surface area contributed by atoms with Crippen molar-refractivity contribution in [3.63, 3.8) is 0 Å². The predicted octanol–water partition coefficient (Wildman–Crippen LogP) is 3.80. The van der Waals surface area contributed by atoms with Gasteiger partial charge in [0.15, 0.2) is 17.2 Å². The highest BCUT2D eigenvalue weighted by atomic mass is 35.5. The van der Waals surface area contributed by atoms with Crippen LogP contribution in [0.2, 0.25) is 0 Å². The molecule has 27 heavy (non-hydrogen) atoms. The van der Waals surface area contributed by atoms with E-state index in [0.717, 1.165) is 5.56 Å². The van der Waals surface area contributed by atoms with Gasteiger partial charge in [0, 0.05) is 23.4 Å². The molecule has 0 aromatic heterocycles. The van der Waals surface area contributed by atoms with Crippen LogP contribution < -0.4 is 24.7 Å². The first-order chi connectivity index (χ1) is 12.4. The first-order valence-electron chi connectivity index (χ1n) is 7.55. The van der Waals surface area contributed by atoms with Crippen molar-refractivity contribution >= 4 is 35.9 Å². The maximum atomic E-state index is 11.2. The average molecular weight is 397 g/mol. The van der Waals surface area contributed by atoms with Gasteiger partial charge in [-0.3, -0.25) is 10.1 Å². The van der Waals surface area contributed by atoms with Crippen molar-refractivity contribution in [1.82, 2.24) is 0 Å². The number of nitrogens with zero attached hydrogens (tertiary/aromatic N) is 1. The zero-order chi connectivity index (χ0) is 19.3. The Morgan fingerprint density at radius 1 is 0.889 bits per heavy atom. The number of nitrogen functional groups attached to an aromatic ring is 1. The van der Waals surface area contributed by atoms with Crippen LogP contribution in [0, 0.1) is 10.1 Å². The monoisotopic (exact) mass is 396 g/mol. The van der Waals surface area contributed by atoms with Crippen LogP contribution in [0.25, 0.3) is 12.2 Å². The SMILES string of the molecule is COc1cc(N)c(/C=C\c2cc(OC)c(OC)c(OC)c2)cc1[N+](=O)[O-].Cl. The highest BCUT2D eigenvalue weighted by Crippen LogP contribution is 2.39. The first kappa shape index (κ1) is 21.9. The van der Waals surface area contributed by atoms with Gasteiger partial charge in [0.1, 0.15) is 0 Å². The Morgan fingerprint density at radius 2 is 1.44 bits per heavy atom. The number of ether oxygens (including phenoxy) is 4. The predicted molar refractivity (Wildman–Crippen MR) is 106 cm³/mol. The number of nitro benzene ring substituents is 1. The summed E-state index contributed by atoms with van der Waals surface area (Å²) in [6.07, 6.45) is 3.41. The van der Waals surface area contributed by atoms with E-state index in [1.807, 2.05) is 0 Å². The molecule has 0 fully saturated rings. The molecule has 0 atom stereocenters. The molecule has 0 saturated carbocycles. The summed E-state index contributed by atoms with van der Waals surface area (Å²) in [5.41, 5.74) is 7.40. The number of rotatable bonds is 7. The van der Waals surface area contributed by atoms with Crippen LogP contribution in [0.4, 0.5) is 11.4 Å². The van der Waals surface area contributed by atoms with Gasteiger partial charge in [-0.15, -0.1) is 12.4 Å². The van der Waals surface area contributed by atoms with E-state index in [0.29, 0.717) is 28.5 Å². The lowest BCUT2D eigenvalue weighted by molar-refractivity contribution is -0.385. The molecule has 2 aromatic rings. The minimum absolute atomic E-state index is 0. The molecule has 9 heteroatoms. The highest BCUT2D eigenvalue weighted by molar-refractivity contribution is 5.85. The number of anilines is 1. The van der Waals surface area contributed by atoms with Crippen molar-refractivity contribution < 1.29 is 23.9 Å². The van der Waals surface area contributed by atoms with Crippen LogP contribution in [0.1, 0.15) is 11.1 Å². The van der Waals surface area contributed by atoms with Gasteiger partial charge >= 0.3 is 5.69 Å². The van der Waals surface area contributed by atoms with Crippen molar-refractivity contribution in [1.29, 1.82) is 0 Å². The van der Waals surface area contributed by atoms with Crippen LogP contribution >= 0.6 is 12.4 Å². The molecule has 0 saturated heterocycles. The lowest BCUT2D eigenvalue weighted by Gasteiger charge is -2.13. The Balaban J connectivity index is 0.00000364. The van der Waals surface area contributed by atoms with Gasteiger partial charge < -0.3 is 24.7 Å². The third kappa shape index (κ3) is 4.73. The van der Waals surface area contributed by atoms with E-state index in [-0.39, 0.29) is 23.8 Å². The van der Waals surface area contributed by atoms with Crippen molar-refractivity contribution in [3.05, 3.63) is 45.5 Å². The molecule has 2 aromatic carbocycles. The van der Waals surface area contributed by atoms with Crippen LogP contribution in [0.15, 0.2) is 24.3 Å². The fraction of sp³-hybridized carbons (Fsp3) is 0.222. The number of hydrogen-bond acceptors (Lipinski definition) is 7. The van der Waals surface area contributed by atoms with Gasteiger partial charge in [0.2, 0.25) is 5.75 Å². The second-order valence-electron chi connectivity index (χ2n) is 5.20. The Morgan fingerprint density at radius 3 is 1.89 bits per heavy atom. The fourth-order valence-corrected chi connectivity index (χ4v) is 2.43. The average Bonchev–Trinajstić information content (AvgIpc) is 2.65. The van der Waals surface area contributed by atoms with Crippen LogP contribution in [0.5, 0.6) is 23.0 Å². The Bertz CT molecular complexity index is 829. The summed E-state index contributed by atoms with van der Waals surface area (Å²) in [6.45, 7) is 0. The van der Waals surface area contributed by atoms with Gasteiger partial charge in [0.05, 0.1) is 33.4 Å². The topological polar surface area (TPSA) is 106 Å². The van der Waals surface area contributed by atoms with E-state index >= 15 is 0 Å². The summed E-state index contributed by atoms with van der Waals surface area (Å²) in [4.78, 5) is 10.7. The van der Waals surface area contributed by atoms with Crippen molar-refractivity contribution in [2.45, 2.75) is 0 Å². The molecule has 8 nitrogen and oxygen atoms in total. The number of nitro groups is 1. The van der Waals surface area contributed by atoms with Crippen molar-refractivity contribution in [2.24, 2.45) is 0 Å². The summed E-state index contributed by atoms with van der Waals surface area (Å²) in [5, 5.41) is 11.2. The Labute approximate surface area is 163 Å². The molecule has 0 amide bonds. The molecular formula is C18H21ClN2O6. The quantitative estimate of drug-likeness (QED) is 0.328. The maximum Gasteiger partial charge on any atom is 0.311 e. The largest absolute Gasteiger partial charge is 0.493 e. The van der Waals surface area contributed by atoms with Gasteiger partial charge in [-0.1, -0.05) is 12.2 Å². The molecule has 0 aliphatic rings. The third-order valence-corrected chi connectivity index (χ3v) is 3.72. The molecule has 2 N–H and O–H groups in total. The van der Waals surface area contributed by atoms with E-state index in [9.17, 15) is 10.1 Å². The van der Waals surface area contributed by atoms with E-state index in [2.05, 4.69) is 0 Å². The molecule has 146 valence electrons. The summed E-state index contributed by atoms with van der Waals surface area (Å²) in [5.74, 6) is 1.59. The number of nitrogens with two attached hydrogens (primary N) is 1. The lowest BCUT2D eigenvalue weighted by atomic mass is 10.1. The molecule has 0 heterocycles. The minimum atomic E-state index is -0.519. The molecule has 0 radical (unpaired) electrons. The van der Waals surface area contributed by atoms with E-state index in [4.69, 9.17) is 24.7 Å². The maximum absolute atomic E-state index is 11.2. The smallest absolute Gasteiger partial charge is 0.311 e. The van der Waals surface area contributed by atoms with Crippen molar-refractivity contribution in [2.75, 3.05) is 34.2 Å². The molecule has 0 unspecified atom stereocenters. The molecule has 0 bridgehead atoms. The number of halogens is 1. The Kier molecular flexibility index (Phi) is 7.74. The van der Waals surface area contributed by atoms with Crippen LogP contribution in [-0.2, 0) is 0 Å². The fourth-order valence-electron chi connectivity index (χ4n) is 2.43. The number of hydrogen-bond donors (Lipinski definition) is 1. The third-order valence-electron chi connectivity index (χ3n) is 3.72. The summed E-state index contributed by atoms with van der Waals surface area (Å²) >= 11 is 0. The normalized spacial score (nSPS) is 10.2. The van der Waals surface area contributed by atoms with Gasteiger partial charge in [-0.05, 0) is 17.7 Å². The molecular weight excluding hydrogens is 376 g/mol. The summed E-state index contributed by atoms with van der Waals surface area (Å²) in [6, 6.07) is 6.30. The zero-order valence-corrected chi connectivity index (χ0v) is 16.2. The van der Waals surface area contributed by atoms with E-state index < -0.39 is 4.92 Å². The van der Waals surface area contributed by atoms with Gasteiger partial charge in [0.25, 0.3) is 0 Å². The highest BCUT2D eigenvalue weighted by Gasteiger charge is 2.17. The Hall–Kier alpha value is -3.13. The summed E-state index contributed by atoms with van der Waals surface area (Å²) < 4.78 is 20.9. The summed E-state index contributed by atoms with van der Waals surface area (Å²) in [7, 11) is 5.92. The van der Waals surface area contributed by atoms with Crippen LogP contribution in [0.3, 0.4) is 0 Å². The first-order valence-corrected chi connectivity index (χ1v) is 7.55.